The second kappa shape index (κ2) is 8.35. The molecule has 0 spiro atoms. The smallest absolute Gasteiger partial charge is 0.269 e. The number of hydrogen-bond acceptors (Lipinski definition) is 3. The minimum atomic E-state index is -0.0784. The lowest BCUT2D eigenvalue weighted by molar-refractivity contribution is 0.0917. The van der Waals surface area contributed by atoms with E-state index in [1.54, 1.807) is 12.3 Å². The van der Waals surface area contributed by atoms with E-state index in [2.05, 4.69) is 22.5 Å². The number of aromatic nitrogens is 1. The summed E-state index contributed by atoms with van der Waals surface area (Å²) in [5.41, 5.74) is 0.709. The van der Waals surface area contributed by atoms with Crippen LogP contribution in [0, 0.1) is 5.41 Å². The summed E-state index contributed by atoms with van der Waals surface area (Å²) in [6, 6.07) is 5.37. The van der Waals surface area contributed by atoms with Crippen molar-refractivity contribution in [2.24, 2.45) is 5.41 Å². The van der Waals surface area contributed by atoms with Crippen molar-refractivity contribution >= 4 is 30.7 Å². The number of nitrogens with zero attached hydrogens (tertiary/aromatic N) is 1. The van der Waals surface area contributed by atoms with Gasteiger partial charge in [0.25, 0.3) is 5.91 Å². The molecule has 4 nitrogen and oxygen atoms in total. The first kappa shape index (κ1) is 18.2. The lowest BCUT2D eigenvalue weighted by Gasteiger charge is -2.34. The van der Waals surface area contributed by atoms with Gasteiger partial charge in [0.15, 0.2) is 0 Å². The highest BCUT2D eigenvalue weighted by atomic mass is 35.5. The molecule has 0 radical (unpaired) electrons. The summed E-state index contributed by atoms with van der Waals surface area (Å²) >= 11 is 0. The van der Waals surface area contributed by atoms with Crippen LogP contribution in [0.2, 0.25) is 0 Å². The molecule has 0 aliphatic carbocycles. The van der Waals surface area contributed by atoms with Gasteiger partial charge in [0.2, 0.25) is 0 Å². The minimum Gasteiger partial charge on any atom is -0.350 e. The van der Waals surface area contributed by atoms with Gasteiger partial charge in [-0.1, -0.05) is 13.0 Å². The van der Waals surface area contributed by atoms with Gasteiger partial charge in [-0.2, -0.15) is 0 Å². The maximum atomic E-state index is 11.8. The van der Waals surface area contributed by atoms with Crippen molar-refractivity contribution in [3.05, 3.63) is 30.1 Å². The molecule has 2 heterocycles. The molecule has 2 rings (SSSR count). The summed E-state index contributed by atoms with van der Waals surface area (Å²) in [5.74, 6) is -0.0784. The number of hydrogen-bond donors (Lipinski definition) is 2. The first-order valence-corrected chi connectivity index (χ1v) is 6.10. The summed E-state index contributed by atoms with van der Waals surface area (Å²) in [6.45, 7) is 5.03. The van der Waals surface area contributed by atoms with Crippen LogP contribution in [0.3, 0.4) is 0 Å². The van der Waals surface area contributed by atoms with E-state index in [-0.39, 0.29) is 36.1 Å². The summed E-state index contributed by atoms with van der Waals surface area (Å²) in [7, 11) is 0. The first-order chi connectivity index (χ1) is 8.20. The molecule has 1 fully saturated rings. The van der Waals surface area contributed by atoms with Gasteiger partial charge in [-0.15, -0.1) is 24.8 Å². The fraction of sp³-hybridized carbons (Fsp3) is 0.538. The second-order valence-electron chi connectivity index (χ2n) is 4.96. The lowest BCUT2D eigenvalue weighted by Crippen LogP contribution is -2.43. The van der Waals surface area contributed by atoms with Gasteiger partial charge in [0.05, 0.1) is 0 Å². The number of amides is 1. The van der Waals surface area contributed by atoms with Crippen LogP contribution in [-0.2, 0) is 0 Å². The highest BCUT2D eigenvalue weighted by Crippen LogP contribution is 2.26. The zero-order valence-corrected chi connectivity index (χ0v) is 12.6. The van der Waals surface area contributed by atoms with Gasteiger partial charge in [-0.25, -0.2) is 0 Å². The highest BCUT2D eigenvalue weighted by Gasteiger charge is 2.27. The van der Waals surface area contributed by atoms with Gasteiger partial charge in [0, 0.05) is 12.7 Å². The fourth-order valence-electron chi connectivity index (χ4n) is 2.09. The zero-order valence-electron chi connectivity index (χ0n) is 11.0. The maximum absolute atomic E-state index is 11.8. The number of carbonyl (C=O) groups is 1. The summed E-state index contributed by atoms with van der Waals surface area (Å²) in [5, 5.41) is 6.31. The summed E-state index contributed by atoms with van der Waals surface area (Å²) in [6.07, 6.45) is 3.85. The molecular weight excluding hydrogens is 285 g/mol. The first-order valence-electron chi connectivity index (χ1n) is 6.10. The van der Waals surface area contributed by atoms with E-state index in [1.165, 1.54) is 0 Å². The molecule has 1 aliphatic rings. The summed E-state index contributed by atoms with van der Waals surface area (Å²) < 4.78 is 0. The molecule has 1 saturated heterocycles. The highest BCUT2D eigenvalue weighted by molar-refractivity contribution is 5.92. The third-order valence-electron chi connectivity index (χ3n) is 3.38. The van der Waals surface area contributed by atoms with Crippen LogP contribution in [0.4, 0.5) is 0 Å². The average Bonchev–Trinajstić information content (AvgIpc) is 2.38. The van der Waals surface area contributed by atoms with Crippen molar-refractivity contribution in [1.82, 2.24) is 15.6 Å². The van der Waals surface area contributed by atoms with E-state index < -0.39 is 0 Å². The largest absolute Gasteiger partial charge is 0.350 e. The molecule has 0 unspecified atom stereocenters. The molecule has 1 aliphatic heterocycles. The Morgan fingerprint density at radius 1 is 1.37 bits per heavy atom. The number of carbonyl (C=O) groups excluding carboxylic acids is 1. The predicted molar refractivity (Wildman–Crippen MR) is 81.3 cm³/mol. The second-order valence-corrected chi connectivity index (χ2v) is 4.96. The molecule has 0 aromatic carbocycles. The molecule has 108 valence electrons. The van der Waals surface area contributed by atoms with Crippen LogP contribution in [0.1, 0.15) is 30.3 Å². The number of pyridine rings is 1. The third kappa shape index (κ3) is 5.35. The molecule has 1 aromatic rings. The Hall–Kier alpha value is -0.840. The molecular formula is C13H21Cl2N3O. The van der Waals surface area contributed by atoms with Gasteiger partial charge in [-0.05, 0) is 43.5 Å². The number of halogens is 2. The third-order valence-corrected chi connectivity index (χ3v) is 3.38. The topological polar surface area (TPSA) is 54.0 Å². The Bertz CT molecular complexity index is 381. The van der Waals surface area contributed by atoms with E-state index >= 15 is 0 Å². The normalized spacial score (nSPS) is 16.7. The SMILES string of the molecule is CC1(CNC(=O)c2ccccn2)CCNCC1.Cl.Cl. The summed E-state index contributed by atoms with van der Waals surface area (Å²) in [4.78, 5) is 15.9. The Morgan fingerprint density at radius 2 is 2.05 bits per heavy atom. The van der Waals surface area contributed by atoms with Crippen molar-refractivity contribution in [3.63, 3.8) is 0 Å². The van der Waals surface area contributed by atoms with E-state index in [9.17, 15) is 4.79 Å². The Labute approximate surface area is 126 Å². The fourth-order valence-corrected chi connectivity index (χ4v) is 2.09. The molecule has 19 heavy (non-hydrogen) atoms. The number of nitrogens with one attached hydrogen (secondary N) is 2. The van der Waals surface area contributed by atoms with Crippen LogP contribution in [0.15, 0.2) is 24.4 Å². The van der Waals surface area contributed by atoms with Gasteiger partial charge >= 0.3 is 0 Å². The number of piperidine rings is 1. The standard InChI is InChI=1S/C13H19N3O.2ClH/c1-13(5-8-14-9-6-13)10-16-12(17)11-4-2-3-7-15-11;;/h2-4,7,14H,5-6,8-10H2,1H3,(H,16,17);2*1H. The molecule has 1 aromatic heterocycles. The Morgan fingerprint density at radius 3 is 2.63 bits per heavy atom. The van der Waals surface area contributed by atoms with Gasteiger partial charge in [0.1, 0.15) is 5.69 Å². The molecule has 6 heteroatoms. The predicted octanol–water partition coefficient (Wildman–Crippen LogP) is 2.04. The lowest BCUT2D eigenvalue weighted by atomic mass is 9.81. The van der Waals surface area contributed by atoms with Crippen molar-refractivity contribution in [2.45, 2.75) is 19.8 Å². The van der Waals surface area contributed by atoms with Crippen LogP contribution in [0.5, 0.6) is 0 Å². The molecule has 0 saturated carbocycles. The monoisotopic (exact) mass is 305 g/mol. The van der Waals surface area contributed by atoms with Crippen molar-refractivity contribution in [3.8, 4) is 0 Å². The van der Waals surface area contributed by atoms with E-state index in [0.29, 0.717) is 5.69 Å². The average molecular weight is 306 g/mol. The molecule has 1 amide bonds. The molecule has 0 bridgehead atoms. The van der Waals surface area contributed by atoms with Crippen LogP contribution >= 0.6 is 24.8 Å². The van der Waals surface area contributed by atoms with E-state index in [1.807, 2.05) is 12.1 Å². The van der Waals surface area contributed by atoms with Crippen LogP contribution < -0.4 is 10.6 Å². The Balaban J connectivity index is 0.00000162. The molecule has 2 N–H and O–H groups in total. The van der Waals surface area contributed by atoms with Crippen LogP contribution in [-0.4, -0.2) is 30.5 Å². The van der Waals surface area contributed by atoms with E-state index in [0.717, 1.165) is 32.5 Å². The number of rotatable bonds is 3. The van der Waals surface area contributed by atoms with E-state index in [4.69, 9.17) is 0 Å². The van der Waals surface area contributed by atoms with Crippen molar-refractivity contribution in [1.29, 1.82) is 0 Å². The quantitative estimate of drug-likeness (QED) is 0.898. The van der Waals surface area contributed by atoms with Gasteiger partial charge in [-0.3, -0.25) is 9.78 Å². The zero-order chi connectivity index (χ0) is 12.1. The van der Waals surface area contributed by atoms with Crippen LogP contribution in [0.25, 0.3) is 0 Å². The minimum absolute atomic E-state index is 0. The van der Waals surface area contributed by atoms with Gasteiger partial charge < -0.3 is 10.6 Å². The maximum Gasteiger partial charge on any atom is 0.269 e. The Kier molecular flexibility index (Phi) is 7.99. The van der Waals surface area contributed by atoms with Crippen molar-refractivity contribution < 1.29 is 4.79 Å². The van der Waals surface area contributed by atoms with Crippen molar-refractivity contribution in [2.75, 3.05) is 19.6 Å². The molecule has 0 atom stereocenters.